The van der Waals surface area contributed by atoms with Crippen molar-refractivity contribution in [3.63, 3.8) is 0 Å². The summed E-state index contributed by atoms with van der Waals surface area (Å²) in [5.41, 5.74) is 3.85. The summed E-state index contributed by atoms with van der Waals surface area (Å²) in [6.45, 7) is 3.26. The number of benzene rings is 1. The highest BCUT2D eigenvalue weighted by Gasteiger charge is 2.40. The molecule has 0 bridgehead atoms. The molecule has 1 saturated heterocycles. The standard InChI is InChI=1S/C23H25ClN6O2S/c1-16-21(30-11-18(24)8-9-22(30)27-16)10-25-20-13-29(12-19(20)17-6-4-3-5-7-17)33(31,32)23-14-28(2)15-26-23/h3-9,11,14-15,19-20,25H,10,12-13H2,1-2H3. The van der Waals surface area contributed by atoms with Gasteiger partial charge in [-0.3, -0.25) is 0 Å². The zero-order chi connectivity index (χ0) is 23.2. The van der Waals surface area contributed by atoms with Crippen molar-refractivity contribution in [2.45, 2.75) is 30.5 Å². The third-order valence-corrected chi connectivity index (χ3v) is 8.15. The van der Waals surface area contributed by atoms with E-state index in [1.807, 2.05) is 47.9 Å². The van der Waals surface area contributed by atoms with E-state index in [0.717, 1.165) is 22.6 Å². The van der Waals surface area contributed by atoms with Gasteiger partial charge >= 0.3 is 0 Å². The van der Waals surface area contributed by atoms with Gasteiger partial charge in [0.15, 0.2) is 5.03 Å². The monoisotopic (exact) mass is 484 g/mol. The number of nitrogens with zero attached hydrogens (tertiary/aromatic N) is 5. The molecule has 3 aromatic heterocycles. The van der Waals surface area contributed by atoms with Gasteiger partial charge in [-0.25, -0.2) is 18.4 Å². The Kier molecular flexibility index (Phi) is 5.74. The van der Waals surface area contributed by atoms with E-state index in [9.17, 15) is 8.42 Å². The first-order valence-corrected chi connectivity index (χ1v) is 12.5. The zero-order valence-corrected chi connectivity index (χ0v) is 20.0. The molecule has 1 fully saturated rings. The molecule has 10 heteroatoms. The molecular weight excluding hydrogens is 460 g/mol. The molecule has 4 aromatic rings. The molecule has 2 unspecified atom stereocenters. The normalized spacial score (nSPS) is 19.5. The Balaban J connectivity index is 1.43. The van der Waals surface area contributed by atoms with Crippen LogP contribution in [0.3, 0.4) is 0 Å². The molecule has 1 aromatic carbocycles. The number of aryl methyl sites for hydroxylation is 2. The Labute approximate surface area is 197 Å². The third kappa shape index (κ3) is 4.17. The van der Waals surface area contributed by atoms with E-state index in [0.29, 0.717) is 24.7 Å². The second-order valence-electron chi connectivity index (χ2n) is 8.42. The Bertz CT molecular complexity index is 1400. The van der Waals surface area contributed by atoms with Crippen LogP contribution in [0.15, 0.2) is 66.2 Å². The summed E-state index contributed by atoms with van der Waals surface area (Å²) in [6.07, 6.45) is 4.90. The van der Waals surface area contributed by atoms with E-state index in [4.69, 9.17) is 11.6 Å². The van der Waals surface area contributed by atoms with E-state index in [1.54, 1.807) is 17.8 Å². The number of hydrogen-bond acceptors (Lipinski definition) is 5. The van der Waals surface area contributed by atoms with Crippen LogP contribution in [0.2, 0.25) is 5.02 Å². The molecule has 33 heavy (non-hydrogen) atoms. The molecule has 0 spiro atoms. The second-order valence-corrected chi connectivity index (χ2v) is 10.7. The minimum atomic E-state index is -3.69. The molecule has 4 heterocycles. The molecule has 0 saturated carbocycles. The van der Waals surface area contributed by atoms with Gasteiger partial charge in [0.2, 0.25) is 0 Å². The summed E-state index contributed by atoms with van der Waals surface area (Å²) in [4.78, 5) is 8.70. The number of sulfonamides is 1. The lowest BCUT2D eigenvalue weighted by Gasteiger charge is -2.20. The summed E-state index contributed by atoms with van der Waals surface area (Å²) < 4.78 is 31.7. The van der Waals surface area contributed by atoms with Crippen LogP contribution in [0.4, 0.5) is 0 Å². The summed E-state index contributed by atoms with van der Waals surface area (Å²) in [5.74, 6) is 0.00719. The van der Waals surface area contributed by atoms with Gasteiger partial charge in [0.25, 0.3) is 10.0 Å². The van der Waals surface area contributed by atoms with Gasteiger partial charge < -0.3 is 14.3 Å². The van der Waals surface area contributed by atoms with Gasteiger partial charge in [0, 0.05) is 51.0 Å². The quantitative estimate of drug-likeness (QED) is 0.455. The Morgan fingerprint density at radius 2 is 1.91 bits per heavy atom. The van der Waals surface area contributed by atoms with Gasteiger partial charge in [-0.2, -0.15) is 4.31 Å². The van der Waals surface area contributed by atoms with Gasteiger partial charge in [0.1, 0.15) is 5.65 Å². The number of fused-ring (bicyclic) bond motifs is 1. The fourth-order valence-electron chi connectivity index (χ4n) is 4.49. The van der Waals surface area contributed by atoms with Crippen molar-refractivity contribution in [1.82, 2.24) is 28.6 Å². The first-order valence-electron chi connectivity index (χ1n) is 10.7. The molecule has 2 atom stereocenters. The fourth-order valence-corrected chi connectivity index (χ4v) is 6.11. The van der Waals surface area contributed by atoms with Crippen molar-refractivity contribution in [2.24, 2.45) is 7.05 Å². The number of aromatic nitrogens is 4. The molecule has 5 rings (SSSR count). The highest BCUT2D eigenvalue weighted by molar-refractivity contribution is 7.89. The van der Waals surface area contributed by atoms with E-state index in [2.05, 4.69) is 27.4 Å². The average Bonchev–Trinajstić information content (AvgIpc) is 3.50. The van der Waals surface area contributed by atoms with Crippen LogP contribution in [-0.4, -0.2) is 50.8 Å². The lowest BCUT2D eigenvalue weighted by atomic mass is 9.94. The number of rotatable bonds is 6. The Hall–Kier alpha value is -2.72. The molecule has 8 nitrogen and oxygen atoms in total. The molecule has 1 aliphatic heterocycles. The fraction of sp³-hybridized carbons (Fsp3) is 0.304. The lowest BCUT2D eigenvalue weighted by Crippen LogP contribution is -2.36. The minimum absolute atomic E-state index is 0.00719. The topological polar surface area (TPSA) is 84.5 Å². The van der Waals surface area contributed by atoms with Crippen LogP contribution >= 0.6 is 11.6 Å². The molecule has 0 aliphatic carbocycles. The maximum Gasteiger partial charge on any atom is 0.262 e. The average molecular weight is 485 g/mol. The summed E-state index contributed by atoms with van der Waals surface area (Å²) in [7, 11) is -1.92. The summed E-state index contributed by atoms with van der Waals surface area (Å²) in [6, 6.07) is 13.7. The maximum atomic E-state index is 13.3. The number of halogens is 1. The van der Waals surface area contributed by atoms with Gasteiger partial charge in [-0.1, -0.05) is 41.9 Å². The molecule has 172 valence electrons. The third-order valence-electron chi connectivity index (χ3n) is 6.21. The van der Waals surface area contributed by atoms with Gasteiger partial charge in [-0.15, -0.1) is 0 Å². The largest absolute Gasteiger partial charge is 0.339 e. The maximum absolute atomic E-state index is 13.3. The highest BCUT2D eigenvalue weighted by atomic mass is 35.5. The summed E-state index contributed by atoms with van der Waals surface area (Å²) >= 11 is 6.21. The summed E-state index contributed by atoms with van der Waals surface area (Å²) in [5, 5.41) is 4.32. The van der Waals surface area contributed by atoms with Crippen LogP contribution in [0.1, 0.15) is 22.9 Å². The predicted octanol–water partition coefficient (Wildman–Crippen LogP) is 2.98. The van der Waals surface area contributed by atoms with Crippen molar-refractivity contribution in [3.8, 4) is 0 Å². The van der Waals surface area contributed by atoms with Crippen LogP contribution in [0.25, 0.3) is 5.65 Å². The smallest absolute Gasteiger partial charge is 0.262 e. The molecule has 1 aliphatic rings. The number of imidazole rings is 2. The first kappa shape index (κ1) is 22.1. The Morgan fingerprint density at radius 1 is 1.12 bits per heavy atom. The Morgan fingerprint density at radius 3 is 2.64 bits per heavy atom. The zero-order valence-electron chi connectivity index (χ0n) is 18.4. The number of pyridine rings is 1. The van der Waals surface area contributed by atoms with Crippen LogP contribution in [0, 0.1) is 6.92 Å². The molecule has 0 amide bonds. The molecule has 0 radical (unpaired) electrons. The van der Waals surface area contributed by atoms with E-state index in [1.165, 1.54) is 10.6 Å². The number of hydrogen-bond donors (Lipinski definition) is 1. The molecule has 1 N–H and O–H groups in total. The van der Waals surface area contributed by atoms with E-state index >= 15 is 0 Å². The first-order chi connectivity index (χ1) is 15.8. The van der Waals surface area contributed by atoms with E-state index in [-0.39, 0.29) is 17.0 Å². The van der Waals surface area contributed by atoms with Crippen molar-refractivity contribution in [3.05, 3.63) is 83.2 Å². The van der Waals surface area contributed by atoms with Gasteiger partial charge in [0.05, 0.1) is 22.7 Å². The van der Waals surface area contributed by atoms with E-state index < -0.39 is 10.0 Å². The minimum Gasteiger partial charge on any atom is -0.339 e. The predicted molar refractivity (Wildman–Crippen MR) is 127 cm³/mol. The number of nitrogens with one attached hydrogen (secondary N) is 1. The SMILES string of the molecule is Cc1nc2ccc(Cl)cn2c1CNC1CN(S(=O)(=O)c2cn(C)cn2)CC1c1ccccc1. The van der Waals surface area contributed by atoms with Crippen LogP contribution in [0.5, 0.6) is 0 Å². The molecular formula is C23H25ClN6O2S. The van der Waals surface area contributed by atoms with Crippen molar-refractivity contribution in [1.29, 1.82) is 0 Å². The van der Waals surface area contributed by atoms with Crippen LogP contribution < -0.4 is 5.32 Å². The van der Waals surface area contributed by atoms with Crippen molar-refractivity contribution < 1.29 is 8.42 Å². The van der Waals surface area contributed by atoms with Crippen molar-refractivity contribution >= 4 is 27.3 Å². The van der Waals surface area contributed by atoms with Crippen LogP contribution in [-0.2, 0) is 23.6 Å². The second kappa shape index (κ2) is 8.57. The van der Waals surface area contributed by atoms with Crippen molar-refractivity contribution in [2.75, 3.05) is 13.1 Å². The lowest BCUT2D eigenvalue weighted by molar-refractivity contribution is 0.452. The highest BCUT2D eigenvalue weighted by Crippen LogP contribution is 2.31. The van der Waals surface area contributed by atoms with Gasteiger partial charge in [-0.05, 0) is 24.6 Å².